The molecule has 3 aliphatic rings. The molecule has 0 radical (unpaired) electrons. The van der Waals surface area contributed by atoms with Crippen molar-refractivity contribution in [3.8, 4) is 33.4 Å². The molecule has 0 spiro atoms. The van der Waals surface area contributed by atoms with Crippen molar-refractivity contribution >= 4 is 27.8 Å². The van der Waals surface area contributed by atoms with E-state index in [4.69, 9.17) is 0 Å². The lowest BCUT2D eigenvalue weighted by Gasteiger charge is -2.37. The molecular formula is C54H51N. The van der Waals surface area contributed by atoms with E-state index < -0.39 is 0 Å². The average Bonchev–Trinajstić information content (AvgIpc) is 3.91. The lowest BCUT2D eigenvalue weighted by molar-refractivity contribution is 0.422. The minimum atomic E-state index is -0.232. The largest absolute Gasteiger partial charge is 0.309 e. The summed E-state index contributed by atoms with van der Waals surface area (Å²) in [5.41, 5.74) is 16.9. The topological polar surface area (TPSA) is 3.24 Å². The van der Waals surface area contributed by atoms with Crippen molar-refractivity contribution in [3.05, 3.63) is 174 Å². The summed E-state index contributed by atoms with van der Waals surface area (Å²) in [6.07, 6.45) is 5.53. The van der Waals surface area contributed by atoms with Crippen molar-refractivity contribution in [2.24, 2.45) is 11.8 Å². The van der Waals surface area contributed by atoms with Gasteiger partial charge in [0, 0.05) is 16.7 Å². The first-order valence-corrected chi connectivity index (χ1v) is 20.5. The van der Waals surface area contributed by atoms with E-state index in [1.54, 1.807) is 5.56 Å². The molecule has 0 N–H and O–H groups in total. The third kappa shape index (κ3) is 5.42. The second-order valence-corrected chi connectivity index (χ2v) is 18.1. The predicted molar refractivity (Wildman–Crippen MR) is 234 cm³/mol. The van der Waals surface area contributed by atoms with Crippen LogP contribution in [0.3, 0.4) is 0 Å². The highest BCUT2D eigenvalue weighted by molar-refractivity contribution is 6.05. The molecule has 55 heavy (non-hydrogen) atoms. The van der Waals surface area contributed by atoms with Crippen molar-refractivity contribution < 1.29 is 0 Å². The fourth-order valence-corrected chi connectivity index (χ4v) is 11.0. The van der Waals surface area contributed by atoms with Crippen LogP contribution in [0.25, 0.3) is 44.2 Å². The Morgan fingerprint density at radius 2 is 1.22 bits per heavy atom. The number of hydrogen-bond donors (Lipinski definition) is 0. The van der Waals surface area contributed by atoms with Crippen molar-refractivity contribution in [2.75, 3.05) is 4.90 Å². The third-order valence-electron chi connectivity index (χ3n) is 13.5. The van der Waals surface area contributed by atoms with Crippen LogP contribution in [0.2, 0.25) is 0 Å². The van der Waals surface area contributed by atoms with Gasteiger partial charge in [-0.3, -0.25) is 0 Å². The Labute approximate surface area is 327 Å². The maximum atomic E-state index is 2.64. The van der Waals surface area contributed by atoms with Crippen LogP contribution in [0.15, 0.2) is 152 Å². The summed E-state index contributed by atoms with van der Waals surface area (Å²) in [5.74, 6) is 2.34. The van der Waals surface area contributed by atoms with Crippen LogP contribution in [0.4, 0.5) is 17.1 Å². The molecule has 3 atom stereocenters. The lowest BCUT2D eigenvalue weighted by atomic mass is 9.79. The Kier molecular flexibility index (Phi) is 7.97. The number of rotatable bonds is 6. The minimum Gasteiger partial charge on any atom is -0.309 e. The van der Waals surface area contributed by atoms with E-state index >= 15 is 0 Å². The second-order valence-electron chi connectivity index (χ2n) is 18.1. The molecule has 10 rings (SSSR count). The van der Waals surface area contributed by atoms with Crippen molar-refractivity contribution in [1.82, 2.24) is 0 Å². The van der Waals surface area contributed by atoms with Gasteiger partial charge < -0.3 is 4.90 Å². The first kappa shape index (κ1) is 34.1. The van der Waals surface area contributed by atoms with Gasteiger partial charge in [0.2, 0.25) is 0 Å². The lowest BCUT2D eigenvalue weighted by Crippen LogP contribution is -2.23. The predicted octanol–water partition coefficient (Wildman–Crippen LogP) is 15.2. The summed E-state index contributed by atoms with van der Waals surface area (Å²) in [5, 5.41) is 2.79. The van der Waals surface area contributed by atoms with Gasteiger partial charge in [-0.15, -0.1) is 0 Å². The molecule has 1 heteroatoms. The van der Waals surface area contributed by atoms with Crippen molar-refractivity contribution in [1.29, 1.82) is 0 Å². The molecule has 2 saturated carbocycles. The van der Waals surface area contributed by atoms with Gasteiger partial charge in [0.15, 0.2) is 0 Å². The van der Waals surface area contributed by atoms with Crippen LogP contribution < -0.4 is 4.90 Å². The van der Waals surface area contributed by atoms with Crippen molar-refractivity contribution in [2.45, 2.75) is 77.0 Å². The standard InChI is InChI=1S/C54H51N/c1-53(2,3)46-26-12-14-28-48(46)55(49-32-31-39(36-17-7-6-8-18-36)51-43-22-9-11-25-45(43)54(4,5)52(49)51)47-27-13-10-21-40(47)41-23-15-19-37-20-16-24-42(50(37)41)44-34-35-29-30-38(44)33-35/h6-28,31-32,35,38,44H,29-30,33-34H2,1-5H3. The highest BCUT2D eigenvalue weighted by Crippen LogP contribution is 2.59. The summed E-state index contributed by atoms with van der Waals surface area (Å²) in [7, 11) is 0. The van der Waals surface area contributed by atoms with E-state index in [9.17, 15) is 0 Å². The SMILES string of the molecule is CC(C)(C)c1ccccc1N(c1ccccc1-c1cccc2cccc(C3CC4CCC3C4)c12)c1ccc(-c2ccccc2)c2c1C(C)(C)c1ccccc1-2. The van der Waals surface area contributed by atoms with Gasteiger partial charge in [0.1, 0.15) is 0 Å². The number of anilines is 3. The molecule has 272 valence electrons. The Morgan fingerprint density at radius 1 is 0.545 bits per heavy atom. The number of hydrogen-bond acceptors (Lipinski definition) is 1. The summed E-state index contributed by atoms with van der Waals surface area (Å²) < 4.78 is 0. The van der Waals surface area contributed by atoms with Crippen LogP contribution in [0.1, 0.15) is 88.5 Å². The summed E-state index contributed by atoms with van der Waals surface area (Å²) >= 11 is 0. The average molecular weight is 714 g/mol. The maximum Gasteiger partial charge on any atom is 0.0540 e. The first-order chi connectivity index (χ1) is 26.7. The molecule has 3 aliphatic carbocycles. The van der Waals surface area contributed by atoms with E-state index in [1.165, 1.54) is 104 Å². The van der Waals surface area contributed by atoms with E-state index in [-0.39, 0.29) is 10.8 Å². The van der Waals surface area contributed by atoms with Gasteiger partial charge in [-0.05, 0) is 121 Å². The number of benzene rings is 7. The first-order valence-electron chi connectivity index (χ1n) is 20.5. The van der Waals surface area contributed by atoms with Crippen LogP contribution in [-0.2, 0) is 10.8 Å². The van der Waals surface area contributed by atoms with E-state index in [2.05, 4.69) is 191 Å². The Balaban J connectivity index is 1.28. The van der Waals surface area contributed by atoms with Gasteiger partial charge in [-0.25, -0.2) is 0 Å². The smallest absolute Gasteiger partial charge is 0.0540 e. The van der Waals surface area contributed by atoms with Crippen LogP contribution >= 0.6 is 0 Å². The van der Waals surface area contributed by atoms with Gasteiger partial charge in [-0.1, -0.05) is 174 Å². The molecule has 7 aromatic carbocycles. The Morgan fingerprint density at radius 3 is 1.96 bits per heavy atom. The third-order valence-corrected chi connectivity index (χ3v) is 13.5. The van der Waals surface area contributed by atoms with E-state index in [1.807, 2.05) is 0 Å². The molecule has 7 aromatic rings. The molecule has 1 nitrogen and oxygen atoms in total. The van der Waals surface area contributed by atoms with E-state index in [0.717, 1.165) is 11.8 Å². The maximum absolute atomic E-state index is 2.64. The summed E-state index contributed by atoms with van der Waals surface area (Å²) in [4.78, 5) is 2.64. The van der Waals surface area contributed by atoms with Gasteiger partial charge in [0.25, 0.3) is 0 Å². The van der Waals surface area contributed by atoms with Crippen LogP contribution in [-0.4, -0.2) is 0 Å². The van der Waals surface area contributed by atoms with Crippen LogP contribution in [0, 0.1) is 11.8 Å². The molecule has 3 unspecified atom stereocenters. The quantitative estimate of drug-likeness (QED) is 0.166. The number of para-hydroxylation sites is 2. The zero-order chi connectivity index (χ0) is 37.5. The summed E-state index contributed by atoms with van der Waals surface area (Å²) in [6.45, 7) is 11.9. The second kappa shape index (κ2) is 12.8. The van der Waals surface area contributed by atoms with Gasteiger partial charge in [-0.2, -0.15) is 0 Å². The molecule has 0 amide bonds. The van der Waals surface area contributed by atoms with Crippen LogP contribution in [0.5, 0.6) is 0 Å². The summed E-state index contributed by atoms with van der Waals surface area (Å²) in [6, 6.07) is 57.4. The fourth-order valence-electron chi connectivity index (χ4n) is 11.0. The normalized spacial score (nSPS) is 19.4. The zero-order valence-electron chi connectivity index (χ0n) is 32.9. The molecule has 2 fully saturated rings. The molecular weight excluding hydrogens is 663 g/mol. The monoisotopic (exact) mass is 713 g/mol. The number of fused-ring (bicyclic) bond motifs is 6. The number of nitrogens with zero attached hydrogens (tertiary/aromatic N) is 1. The van der Waals surface area contributed by atoms with Gasteiger partial charge in [0.05, 0.1) is 11.4 Å². The Hall–Kier alpha value is -5.40. The molecule has 0 aromatic heterocycles. The molecule has 0 heterocycles. The fraction of sp³-hybridized carbons (Fsp3) is 0.259. The van der Waals surface area contributed by atoms with E-state index in [0.29, 0.717) is 5.92 Å². The van der Waals surface area contributed by atoms with Gasteiger partial charge >= 0.3 is 0 Å². The van der Waals surface area contributed by atoms with Crippen molar-refractivity contribution in [3.63, 3.8) is 0 Å². The highest BCUT2D eigenvalue weighted by Gasteiger charge is 2.42. The highest BCUT2D eigenvalue weighted by atomic mass is 15.2. The molecule has 0 saturated heterocycles. The minimum absolute atomic E-state index is 0.0795. The molecule has 2 bridgehead atoms. The molecule has 0 aliphatic heterocycles. The Bertz CT molecular complexity index is 2580. The zero-order valence-corrected chi connectivity index (χ0v) is 32.9.